The summed E-state index contributed by atoms with van der Waals surface area (Å²) in [5.41, 5.74) is 2.14. The van der Waals surface area contributed by atoms with Gasteiger partial charge in [0.05, 0.1) is 12.3 Å². The molecule has 1 aromatic carbocycles. The fraction of sp³-hybridized carbons (Fsp3) is 0.368. The van der Waals surface area contributed by atoms with Crippen molar-refractivity contribution < 1.29 is 4.74 Å². The molecule has 0 bridgehead atoms. The van der Waals surface area contributed by atoms with Gasteiger partial charge >= 0.3 is 0 Å². The van der Waals surface area contributed by atoms with Crippen LogP contribution in [0.25, 0.3) is 5.69 Å². The molecule has 0 unspecified atom stereocenters. The van der Waals surface area contributed by atoms with Crippen LogP contribution in [0.4, 0.5) is 5.95 Å². The number of benzene rings is 1. The van der Waals surface area contributed by atoms with Crippen molar-refractivity contribution in [2.45, 2.75) is 32.0 Å². The molecule has 0 radical (unpaired) electrons. The van der Waals surface area contributed by atoms with Gasteiger partial charge in [0.15, 0.2) is 5.82 Å². The second kappa shape index (κ2) is 6.90. The minimum Gasteiger partial charge on any atom is -0.369 e. The molecule has 0 N–H and O–H groups in total. The van der Waals surface area contributed by atoms with Crippen molar-refractivity contribution in [3.8, 4) is 5.69 Å². The summed E-state index contributed by atoms with van der Waals surface area (Å²) >= 11 is 6.18. The second-order valence-electron chi connectivity index (χ2n) is 6.89. The van der Waals surface area contributed by atoms with Gasteiger partial charge in [-0.2, -0.15) is 0 Å². The highest BCUT2D eigenvalue weighted by Crippen LogP contribution is 2.33. The van der Waals surface area contributed by atoms with E-state index in [4.69, 9.17) is 16.3 Å². The molecule has 5 rings (SSSR count). The standard InChI is InChI=1S/C19H19ClN6O/c20-15-2-3-16-14(10-15)11-27-12-17-23-24-18(26(16)17)13-4-8-25(9-5-13)19-21-6-1-7-22-19/h1-3,6-7,10,13H,4-5,8-9,11-12H2. The highest BCUT2D eigenvalue weighted by atomic mass is 35.5. The summed E-state index contributed by atoms with van der Waals surface area (Å²) in [7, 11) is 0. The topological polar surface area (TPSA) is 69.0 Å². The number of halogens is 1. The first-order chi connectivity index (χ1) is 13.3. The van der Waals surface area contributed by atoms with E-state index in [2.05, 4.69) is 29.6 Å². The summed E-state index contributed by atoms with van der Waals surface area (Å²) in [6, 6.07) is 7.75. The maximum absolute atomic E-state index is 6.18. The minimum absolute atomic E-state index is 0.341. The highest BCUT2D eigenvalue weighted by molar-refractivity contribution is 6.30. The van der Waals surface area contributed by atoms with Gasteiger partial charge in [0.1, 0.15) is 12.4 Å². The van der Waals surface area contributed by atoms with E-state index < -0.39 is 0 Å². The monoisotopic (exact) mass is 382 g/mol. The number of fused-ring (bicyclic) bond motifs is 3. The smallest absolute Gasteiger partial charge is 0.225 e. The zero-order valence-corrected chi connectivity index (χ0v) is 15.5. The fourth-order valence-corrected chi connectivity index (χ4v) is 4.08. The van der Waals surface area contributed by atoms with Crippen LogP contribution in [0.2, 0.25) is 5.02 Å². The first kappa shape index (κ1) is 16.6. The lowest BCUT2D eigenvalue weighted by Crippen LogP contribution is -2.34. The number of nitrogens with zero attached hydrogens (tertiary/aromatic N) is 6. The summed E-state index contributed by atoms with van der Waals surface area (Å²) in [5, 5.41) is 9.65. The molecule has 0 atom stereocenters. The molecule has 27 heavy (non-hydrogen) atoms. The third-order valence-corrected chi connectivity index (χ3v) is 5.46. The van der Waals surface area contributed by atoms with E-state index in [-0.39, 0.29) is 0 Å². The molecule has 3 aromatic rings. The van der Waals surface area contributed by atoms with Gasteiger partial charge < -0.3 is 9.64 Å². The van der Waals surface area contributed by atoms with Crippen molar-refractivity contribution in [2.24, 2.45) is 0 Å². The molecule has 1 fully saturated rings. The number of aromatic nitrogens is 5. The van der Waals surface area contributed by atoms with Crippen molar-refractivity contribution >= 4 is 17.5 Å². The zero-order chi connectivity index (χ0) is 18.2. The van der Waals surface area contributed by atoms with Gasteiger partial charge in [-0.3, -0.25) is 4.57 Å². The Balaban J connectivity index is 1.44. The van der Waals surface area contributed by atoms with Crippen LogP contribution in [0.15, 0.2) is 36.7 Å². The molecule has 0 aliphatic carbocycles. The molecular formula is C19H19ClN6O. The van der Waals surface area contributed by atoms with Gasteiger partial charge in [0.25, 0.3) is 0 Å². The summed E-state index contributed by atoms with van der Waals surface area (Å²) in [6.07, 6.45) is 5.55. The van der Waals surface area contributed by atoms with Gasteiger partial charge in [-0.05, 0) is 37.1 Å². The van der Waals surface area contributed by atoms with E-state index >= 15 is 0 Å². The van der Waals surface area contributed by atoms with Crippen LogP contribution < -0.4 is 4.90 Å². The van der Waals surface area contributed by atoms with Crippen LogP contribution in [0.3, 0.4) is 0 Å². The third kappa shape index (κ3) is 3.07. The zero-order valence-electron chi connectivity index (χ0n) is 14.8. The molecule has 0 spiro atoms. The van der Waals surface area contributed by atoms with Crippen LogP contribution in [0, 0.1) is 0 Å². The van der Waals surface area contributed by atoms with Gasteiger partial charge in [0.2, 0.25) is 5.95 Å². The van der Waals surface area contributed by atoms with E-state index in [0.717, 1.165) is 54.8 Å². The lowest BCUT2D eigenvalue weighted by atomic mass is 9.95. The Kier molecular flexibility index (Phi) is 4.26. The summed E-state index contributed by atoms with van der Waals surface area (Å²) < 4.78 is 7.94. The molecule has 2 aliphatic rings. The van der Waals surface area contributed by atoms with Gasteiger partial charge in [0, 0.05) is 42.0 Å². The van der Waals surface area contributed by atoms with Crippen LogP contribution in [0.1, 0.15) is 36.0 Å². The average molecular weight is 383 g/mol. The van der Waals surface area contributed by atoms with Crippen LogP contribution in [0.5, 0.6) is 0 Å². The number of hydrogen-bond donors (Lipinski definition) is 0. The average Bonchev–Trinajstić information content (AvgIpc) is 3.04. The largest absolute Gasteiger partial charge is 0.369 e. The minimum atomic E-state index is 0.341. The molecule has 8 heteroatoms. The Bertz CT molecular complexity index is 952. The maximum Gasteiger partial charge on any atom is 0.225 e. The lowest BCUT2D eigenvalue weighted by Gasteiger charge is -2.31. The highest BCUT2D eigenvalue weighted by Gasteiger charge is 2.29. The third-order valence-electron chi connectivity index (χ3n) is 5.22. The van der Waals surface area contributed by atoms with Crippen LogP contribution in [-0.2, 0) is 18.0 Å². The van der Waals surface area contributed by atoms with Crippen molar-refractivity contribution in [1.29, 1.82) is 0 Å². The van der Waals surface area contributed by atoms with Crippen LogP contribution >= 0.6 is 11.6 Å². The first-order valence-electron chi connectivity index (χ1n) is 9.12. The van der Waals surface area contributed by atoms with Crippen molar-refractivity contribution in [3.63, 3.8) is 0 Å². The van der Waals surface area contributed by atoms with E-state index in [1.807, 2.05) is 24.3 Å². The van der Waals surface area contributed by atoms with Crippen LogP contribution in [-0.4, -0.2) is 37.8 Å². The SMILES string of the molecule is Clc1ccc2c(c1)COCc1nnc(C3CCN(c4ncccn4)CC3)n1-2. The van der Waals surface area contributed by atoms with Crippen molar-refractivity contribution in [1.82, 2.24) is 24.7 Å². The Labute approximate surface area is 162 Å². The molecular weight excluding hydrogens is 364 g/mol. The van der Waals surface area contributed by atoms with E-state index in [1.54, 1.807) is 12.4 Å². The van der Waals surface area contributed by atoms with Crippen molar-refractivity contribution in [2.75, 3.05) is 18.0 Å². The number of ether oxygens (including phenoxy) is 1. The maximum atomic E-state index is 6.18. The predicted molar refractivity (Wildman–Crippen MR) is 101 cm³/mol. The molecule has 1 saturated heterocycles. The molecule has 2 aromatic heterocycles. The second-order valence-corrected chi connectivity index (χ2v) is 7.32. The Morgan fingerprint density at radius 3 is 2.67 bits per heavy atom. The lowest BCUT2D eigenvalue weighted by molar-refractivity contribution is 0.105. The predicted octanol–water partition coefficient (Wildman–Crippen LogP) is 3.12. The first-order valence-corrected chi connectivity index (χ1v) is 9.50. The van der Waals surface area contributed by atoms with Gasteiger partial charge in [-0.15, -0.1) is 10.2 Å². The number of anilines is 1. The number of piperidine rings is 1. The number of hydrogen-bond acceptors (Lipinski definition) is 6. The summed E-state index contributed by atoms with van der Waals surface area (Å²) in [4.78, 5) is 11.0. The van der Waals surface area contributed by atoms with Gasteiger partial charge in [-0.1, -0.05) is 11.6 Å². The van der Waals surface area contributed by atoms with E-state index in [1.165, 1.54) is 0 Å². The molecule has 2 aliphatic heterocycles. The Hall–Kier alpha value is -2.51. The van der Waals surface area contributed by atoms with E-state index in [9.17, 15) is 0 Å². The summed E-state index contributed by atoms with van der Waals surface area (Å²) in [6.45, 7) is 2.79. The molecule has 7 nitrogen and oxygen atoms in total. The molecule has 0 amide bonds. The fourth-order valence-electron chi connectivity index (χ4n) is 3.88. The molecule has 0 saturated carbocycles. The van der Waals surface area contributed by atoms with Crippen molar-refractivity contribution in [3.05, 3.63) is 58.9 Å². The molecule has 4 heterocycles. The Morgan fingerprint density at radius 1 is 1.04 bits per heavy atom. The molecule has 138 valence electrons. The number of rotatable bonds is 2. The quantitative estimate of drug-likeness (QED) is 0.678. The van der Waals surface area contributed by atoms with Gasteiger partial charge in [-0.25, -0.2) is 9.97 Å². The Morgan fingerprint density at radius 2 is 1.85 bits per heavy atom. The van der Waals surface area contributed by atoms with E-state index in [0.29, 0.717) is 24.2 Å². The normalized spacial score (nSPS) is 17.3. The summed E-state index contributed by atoms with van der Waals surface area (Å²) in [5.74, 6) is 2.99.